The third kappa shape index (κ3) is 3.13. The molecule has 1 N–H and O–H groups in total. The molecule has 6 nitrogen and oxygen atoms in total. The second-order valence-corrected chi connectivity index (χ2v) is 4.42. The highest BCUT2D eigenvalue weighted by Gasteiger charge is 2.27. The standard InChI is InChI=1S/C13H15N3O3/c14-7-10-4-5-15-8-12(10)19-9-11-3-1-2-6-16(11)13(17)18/h4-5,8,11H,1-3,6,9H2,(H,17,18)/t11-/m0/s1. The first-order chi connectivity index (χ1) is 9.22. The van der Waals surface area contributed by atoms with E-state index in [1.165, 1.54) is 17.3 Å². The normalized spacial score (nSPS) is 18.7. The number of hydrogen-bond donors (Lipinski definition) is 1. The van der Waals surface area contributed by atoms with Crippen molar-refractivity contribution in [1.82, 2.24) is 9.88 Å². The van der Waals surface area contributed by atoms with Crippen LogP contribution in [0.25, 0.3) is 0 Å². The Morgan fingerprint density at radius 1 is 1.63 bits per heavy atom. The molecule has 6 heteroatoms. The van der Waals surface area contributed by atoms with Crippen LogP contribution in [0.2, 0.25) is 0 Å². The van der Waals surface area contributed by atoms with Gasteiger partial charge < -0.3 is 14.7 Å². The van der Waals surface area contributed by atoms with Gasteiger partial charge in [-0.1, -0.05) is 0 Å². The van der Waals surface area contributed by atoms with Gasteiger partial charge in [0.25, 0.3) is 0 Å². The van der Waals surface area contributed by atoms with Gasteiger partial charge in [-0.05, 0) is 25.3 Å². The van der Waals surface area contributed by atoms with E-state index in [0.29, 0.717) is 17.9 Å². The Labute approximate surface area is 111 Å². The number of hydrogen-bond acceptors (Lipinski definition) is 4. The van der Waals surface area contributed by atoms with Crippen LogP contribution in [0.15, 0.2) is 18.5 Å². The highest BCUT2D eigenvalue weighted by molar-refractivity contribution is 5.65. The molecule has 1 saturated heterocycles. The molecule has 19 heavy (non-hydrogen) atoms. The summed E-state index contributed by atoms with van der Waals surface area (Å²) in [5.74, 6) is 0.404. The van der Waals surface area contributed by atoms with Crippen LogP contribution in [0.4, 0.5) is 4.79 Å². The molecule has 0 radical (unpaired) electrons. The average Bonchev–Trinajstić information content (AvgIpc) is 2.45. The van der Waals surface area contributed by atoms with Crippen molar-refractivity contribution in [3.05, 3.63) is 24.0 Å². The number of carboxylic acid groups (broad SMARTS) is 1. The molecular formula is C13H15N3O3. The van der Waals surface area contributed by atoms with Gasteiger partial charge in [-0.25, -0.2) is 4.79 Å². The van der Waals surface area contributed by atoms with Gasteiger partial charge in [-0.3, -0.25) is 4.98 Å². The fraction of sp³-hybridized carbons (Fsp3) is 0.462. The van der Waals surface area contributed by atoms with Crippen molar-refractivity contribution in [2.24, 2.45) is 0 Å². The van der Waals surface area contributed by atoms with Crippen LogP contribution in [0.1, 0.15) is 24.8 Å². The minimum Gasteiger partial charge on any atom is -0.488 e. The molecule has 100 valence electrons. The van der Waals surface area contributed by atoms with Crippen LogP contribution in [0, 0.1) is 11.3 Å². The summed E-state index contributed by atoms with van der Waals surface area (Å²) in [6.45, 7) is 0.800. The Balaban J connectivity index is 2.01. The van der Waals surface area contributed by atoms with Gasteiger partial charge >= 0.3 is 6.09 Å². The number of piperidine rings is 1. The van der Waals surface area contributed by atoms with Gasteiger partial charge in [0.2, 0.25) is 0 Å². The van der Waals surface area contributed by atoms with Gasteiger partial charge in [0.15, 0.2) is 5.75 Å². The van der Waals surface area contributed by atoms with Crippen LogP contribution in [-0.2, 0) is 0 Å². The molecule has 1 aliphatic heterocycles. The van der Waals surface area contributed by atoms with Crippen molar-refractivity contribution in [3.63, 3.8) is 0 Å². The Kier molecular flexibility index (Phi) is 4.18. The largest absolute Gasteiger partial charge is 0.488 e. The number of pyridine rings is 1. The summed E-state index contributed by atoms with van der Waals surface area (Å²) in [5, 5.41) is 18.0. The molecule has 1 aliphatic rings. The van der Waals surface area contributed by atoms with E-state index in [1.54, 1.807) is 6.07 Å². The molecule has 0 bridgehead atoms. The minimum atomic E-state index is -0.917. The van der Waals surface area contributed by atoms with Crippen molar-refractivity contribution >= 4 is 6.09 Å². The Hall–Kier alpha value is -2.29. The lowest BCUT2D eigenvalue weighted by Gasteiger charge is -2.33. The second kappa shape index (κ2) is 6.05. The average molecular weight is 261 g/mol. The molecule has 0 spiro atoms. The zero-order valence-electron chi connectivity index (χ0n) is 10.5. The molecule has 2 rings (SSSR count). The lowest BCUT2D eigenvalue weighted by molar-refractivity contribution is 0.0836. The monoisotopic (exact) mass is 261 g/mol. The van der Waals surface area contributed by atoms with Crippen LogP contribution in [0.3, 0.4) is 0 Å². The lowest BCUT2D eigenvalue weighted by Crippen LogP contribution is -2.46. The molecule has 2 heterocycles. The van der Waals surface area contributed by atoms with E-state index in [1.807, 2.05) is 6.07 Å². The Morgan fingerprint density at radius 3 is 3.21 bits per heavy atom. The van der Waals surface area contributed by atoms with E-state index in [9.17, 15) is 4.79 Å². The first kappa shape index (κ1) is 13.1. The van der Waals surface area contributed by atoms with Crippen molar-refractivity contribution < 1.29 is 14.6 Å². The molecular weight excluding hydrogens is 246 g/mol. The number of amides is 1. The maximum absolute atomic E-state index is 11.1. The number of rotatable bonds is 3. The van der Waals surface area contributed by atoms with Crippen LogP contribution in [0.5, 0.6) is 5.75 Å². The molecule has 1 aromatic rings. The molecule has 1 amide bonds. The summed E-state index contributed by atoms with van der Waals surface area (Å²) in [5.41, 5.74) is 0.410. The first-order valence-corrected chi connectivity index (χ1v) is 6.19. The third-order valence-electron chi connectivity index (χ3n) is 3.21. The number of ether oxygens (including phenoxy) is 1. The smallest absolute Gasteiger partial charge is 0.407 e. The number of aromatic nitrogens is 1. The summed E-state index contributed by atoms with van der Waals surface area (Å²) < 4.78 is 5.56. The molecule has 0 aliphatic carbocycles. The number of nitrogens with zero attached hydrogens (tertiary/aromatic N) is 3. The number of likely N-dealkylation sites (tertiary alicyclic amines) is 1. The first-order valence-electron chi connectivity index (χ1n) is 6.19. The van der Waals surface area contributed by atoms with E-state index in [0.717, 1.165) is 19.3 Å². The Bertz CT molecular complexity index is 498. The Morgan fingerprint density at radius 2 is 2.47 bits per heavy atom. The molecule has 0 unspecified atom stereocenters. The number of nitriles is 1. The molecule has 1 atom stereocenters. The van der Waals surface area contributed by atoms with Crippen LogP contribution < -0.4 is 4.74 Å². The maximum atomic E-state index is 11.1. The van der Waals surface area contributed by atoms with Crippen molar-refractivity contribution in [2.75, 3.05) is 13.2 Å². The van der Waals surface area contributed by atoms with Crippen molar-refractivity contribution in [2.45, 2.75) is 25.3 Å². The molecule has 0 saturated carbocycles. The van der Waals surface area contributed by atoms with Crippen molar-refractivity contribution in [3.8, 4) is 11.8 Å². The zero-order chi connectivity index (χ0) is 13.7. The second-order valence-electron chi connectivity index (χ2n) is 4.42. The summed E-state index contributed by atoms with van der Waals surface area (Å²) in [7, 11) is 0. The van der Waals surface area contributed by atoms with Gasteiger partial charge in [0.05, 0.1) is 17.8 Å². The summed E-state index contributed by atoms with van der Waals surface area (Å²) in [4.78, 5) is 16.4. The van der Waals surface area contributed by atoms with Gasteiger partial charge in [-0.15, -0.1) is 0 Å². The summed E-state index contributed by atoms with van der Waals surface area (Å²) in [6, 6.07) is 3.44. The fourth-order valence-corrected chi connectivity index (χ4v) is 2.20. The van der Waals surface area contributed by atoms with Crippen molar-refractivity contribution in [1.29, 1.82) is 5.26 Å². The van der Waals surface area contributed by atoms with E-state index in [-0.39, 0.29) is 12.6 Å². The van der Waals surface area contributed by atoms with E-state index in [2.05, 4.69) is 4.98 Å². The molecule has 0 aromatic carbocycles. The minimum absolute atomic E-state index is 0.155. The van der Waals surface area contributed by atoms with E-state index < -0.39 is 6.09 Å². The van der Waals surface area contributed by atoms with Gasteiger partial charge in [0.1, 0.15) is 12.7 Å². The summed E-state index contributed by atoms with van der Waals surface area (Å²) >= 11 is 0. The zero-order valence-corrected chi connectivity index (χ0v) is 10.5. The topological polar surface area (TPSA) is 86.5 Å². The highest BCUT2D eigenvalue weighted by atomic mass is 16.5. The molecule has 1 aromatic heterocycles. The number of carbonyl (C=O) groups is 1. The fourth-order valence-electron chi connectivity index (χ4n) is 2.20. The van der Waals surface area contributed by atoms with Crippen LogP contribution >= 0.6 is 0 Å². The highest BCUT2D eigenvalue weighted by Crippen LogP contribution is 2.20. The maximum Gasteiger partial charge on any atom is 0.407 e. The SMILES string of the molecule is N#Cc1ccncc1OC[C@@H]1CCCCN1C(=O)O. The molecule has 1 fully saturated rings. The summed E-state index contributed by atoms with van der Waals surface area (Å²) in [6.07, 6.45) is 4.76. The third-order valence-corrected chi connectivity index (χ3v) is 3.21. The van der Waals surface area contributed by atoms with Crippen LogP contribution in [-0.4, -0.2) is 40.3 Å². The predicted octanol–water partition coefficient (Wildman–Crippen LogP) is 1.86. The van der Waals surface area contributed by atoms with Gasteiger partial charge in [-0.2, -0.15) is 5.26 Å². The lowest BCUT2D eigenvalue weighted by atomic mass is 10.0. The van der Waals surface area contributed by atoms with Gasteiger partial charge in [0, 0.05) is 12.7 Å². The van der Waals surface area contributed by atoms with E-state index in [4.69, 9.17) is 15.1 Å². The quantitative estimate of drug-likeness (QED) is 0.897. The van der Waals surface area contributed by atoms with E-state index >= 15 is 0 Å². The predicted molar refractivity (Wildman–Crippen MR) is 66.8 cm³/mol.